The number of guanidine groups is 1. The topological polar surface area (TPSA) is 71.7 Å². The monoisotopic (exact) mass is 500 g/mol. The number of nitrogens with one attached hydrogen (secondary N) is 2. The molecule has 1 aromatic carbocycles. The third kappa shape index (κ3) is 7.69. The van der Waals surface area contributed by atoms with Crippen LogP contribution < -0.4 is 15.4 Å². The van der Waals surface area contributed by atoms with Crippen LogP contribution >= 0.6 is 24.0 Å². The standard InChI is InChI=1S/C21H32N4O2.HI/c1-15(2)14-26-17-10-8-7-9-16(17)11-24-20(22-6)25-13-19-23-12-18(27-19)21(3,4)5;/h7-10,12,15H,11,13-14H2,1-6H3,(H2,22,24,25);1H. The molecule has 0 saturated heterocycles. The minimum Gasteiger partial charge on any atom is -0.493 e. The van der Waals surface area contributed by atoms with E-state index in [-0.39, 0.29) is 29.4 Å². The van der Waals surface area contributed by atoms with E-state index in [0.29, 0.717) is 37.5 Å². The number of oxazole rings is 1. The fourth-order valence-electron chi connectivity index (χ4n) is 2.34. The molecule has 0 unspecified atom stereocenters. The van der Waals surface area contributed by atoms with E-state index in [1.165, 1.54) is 0 Å². The highest BCUT2D eigenvalue weighted by molar-refractivity contribution is 14.0. The molecule has 0 fully saturated rings. The van der Waals surface area contributed by atoms with Crippen LogP contribution in [0.2, 0.25) is 0 Å². The molecular weight excluding hydrogens is 467 g/mol. The van der Waals surface area contributed by atoms with Crippen LogP contribution in [-0.4, -0.2) is 24.6 Å². The van der Waals surface area contributed by atoms with Gasteiger partial charge < -0.3 is 19.8 Å². The summed E-state index contributed by atoms with van der Waals surface area (Å²) in [6, 6.07) is 8.05. The Bertz CT molecular complexity index is 751. The molecule has 2 rings (SSSR count). The molecule has 0 bridgehead atoms. The average Bonchev–Trinajstić information content (AvgIpc) is 3.10. The van der Waals surface area contributed by atoms with Gasteiger partial charge in [0.25, 0.3) is 0 Å². The van der Waals surface area contributed by atoms with Gasteiger partial charge in [-0.1, -0.05) is 52.8 Å². The van der Waals surface area contributed by atoms with Crippen molar-refractivity contribution in [3.8, 4) is 5.75 Å². The van der Waals surface area contributed by atoms with Gasteiger partial charge in [-0.2, -0.15) is 0 Å². The van der Waals surface area contributed by atoms with Gasteiger partial charge in [-0.15, -0.1) is 24.0 Å². The zero-order valence-electron chi connectivity index (χ0n) is 17.7. The van der Waals surface area contributed by atoms with E-state index >= 15 is 0 Å². The number of hydrogen-bond donors (Lipinski definition) is 2. The predicted octanol–water partition coefficient (Wildman–Crippen LogP) is 4.49. The quantitative estimate of drug-likeness (QED) is 0.333. The van der Waals surface area contributed by atoms with E-state index in [9.17, 15) is 0 Å². The number of ether oxygens (including phenoxy) is 1. The third-order valence-corrected chi connectivity index (χ3v) is 3.91. The molecule has 0 atom stereocenters. The van der Waals surface area contributed by atoms with E-state index < -0.39 is 0 Å². The number of halogens is 1. The molecular formula is C21H33IN4O2. The number of rotatable bonds is 7. The SMILES string of the molecule is CN=C(NCc1ncc(C(C)(C)C)o1)NCc1ccccc1OCC(C)C.I. The van der Waals surface area contributed by atoms with Gasteiger partial charge >= 0.3 is 0 Å². The average molecular weight is 500 g/mol. The Morgan fingerprint density at radius 3 is 2.46 bits per heavy atom. The van der Waals surface area contributed by atoms with E-state index in [0.717, 1.165) is 17.1 Å². The minimum absolute atomic E-state index is 0. The molecule has 1 heterocycles. The van der Waals surface area contributed by atoms with Crippen LogP contribution in [0.4, 0.5) is 0 Å². The van der Waals surface area contributed by atoms with Crippen molar-refractivity contribution in [1.29, 1.82) is 0 Å². The summed E-state index contributed by atoms with van der Waals surface area (Å²) >= 11 is 0. The highest BCUT2D eigenvalue weighted by Gasteiger charge is 2.19. The Kier molecular flexibility index (Phi) is 9.78. The minimum atomic E-state index is -0.0507. The number of benzene rings is 1. The Morgan fingerprint density at radius 2 is 1.86 bits per heavy atom. The molecule has 0 amide bonds. The van der Waals surface area contributed by atoms with Crippen LogP contribution in [0, 0.1) is 5.92 Å². The first-order valence-corrected chi connectivity index (χ1v) is 9.40. The number of aliphatic imine (C=N–C) groups is 1. The maximum atomic E-state index is 5.90. The van der Waals surface area contributed by atoms with E-state index in [2.05, 4.69) is 61.3 Å². The maximum absolute atomic E-state index is 5.90. The van der Waals surface area contributed by atoms with E-state index in [4.69, 9.17) is 9.15 Å². The van der Waals surface area contributed by atoms with Crippen molar-refractivity contribution in [1.82, 2.24) is 15.6 Å². The summed E-state index contributed by atoms with van der Waals surface area (Å²) in [5.41, 5.74) is 1.04. The largest absolute Gasteiger partial charge is 0.493 e. The van der Waals surface area contributed by atoms with Crippen LogP contribution in [0.3, 0.4) is 0 Å². The summed E-state index contributed by atoms with van der Waals surface area (Å²) in [6.45, 7) is 12.4. The lowest BCUT2D eigenvalue weighted by Gasteiger charge is -2.15. The maximum Gasteiger partial charge on any atom is 0.213 e. The van der Waals surface area contributed by atoms with Crippen LogP contribution in [-0.2, 0) is 18.5 Å². The fraction of sp³-hybridized carbons (Fsp3) is 0.524. The van der Waals surface area contributed by atoms with E-state index in [1.54, 1.807) is 13.2 Å². The second-order valence-corrected chi connectivity index (χ2v) is 7.96. The Hall–Kier alpha value is -1.77. The van der Waals surface area contributed by atoms with Gasteiger partial charge in [0.15, 0.2) is 5.96 Å². The smallest absolute Gasteiger partial charge is 0.213 e. The zero-order chi connectivity index (χ0) is 19.9. The van der Waals surface area contributed by atoms with Crippen molar-refractivity contribution in [3.63, 3.8) is 0 Å². The summed E-state index contributed by atoms with van der Waals surface area (Å²) in [4.78, 5) is 8.59. The van der Waals surface area contributed by atoms with Gasteiger partial charge in [-0.25, -0.2) is 4.98 Å². The first-order chi connectivity index (χ1) is 12.8. The predicted molar refractivity (Wildman–Crippen MR) is 124 cm³/mol. The highest BCUT2D eigenvalue weighted by Crippen LogP contribution is 2.22. The van der Waals surface area contributed by atoms with Gasteiger partial charge in [0.05, 0.1) is 19.3 Å². The second-order valence-electron chi connectivity index (χ2n) is 7.96. The molecule has 7 heteroatoms. The molecule has 1 aromatic heterocycles. The van der Waals surface area contributed by atoms with Gasteiger partial charge in [0, 0.05) is 24.6 Å². The van der Waals surface area contributed by atoms with Crippen molar-refractivity contribution >= 4 is 29.9 Å². The van der Waals surface area contributed by atoms with Crippen molar-refractivity contribution in [2.75, 3.05) is 13.7 Å². The number of aromatic nitrogens is 1. The van der Waals surface area contributed by atoms with Crippen molar-refractivity contribution in [3.05, 3.63) is 47.7 Å². The summed E-state index contributed by atoms with van der Waals surface area (Å²) in [6.07, 6.45) is 1.79. The number of para-hydroxylation sites is 1. The Morgan fingerprint density at radius 1 is 1.18 bits per heavy atom. The first kappa shape index (κ1) is 24.3. The molecule has 156 valence electrons. The molecule has 0 radical (unpaired) electrons. The molecule has 0 aliphatic heterocycles. The normalized spacial score (nSPS) is 11.9. The van der Waals surface area contributed by atoms with Crippen LogP contribution in [0.1, 0.15) is 51.8 Å². The summed E-state index contributed by atoms with van der Waals surface area (Å²) in [7, 11) is 1.74. The van der Waals surface area contributed by atoms with Crippen molar-refractivity contribution < 1.29 is 9.15 Å². The molecule has 28 heavy (non-hydrogen) atoms. The van der Waals surface area contributed by atoms with Crippen molar-refractivity contribution in [2.45, 2.75) is 53.1 Å². The van der Waals surface area contributed by atoms with Crippen molar-refractivity contribution in [2.24, 2.45) is 10.9 Å². The van der Waals surface area contributed by atoms with E-state index in [1.807, 2.05) is 18.2 Å². The Balaban J connectivity index is 0.00000392. The van der Waals surface area contributed by atoms with Crippen LogP contribution in [0.5, 0.6) is 5.75 Å². The van der Waals surface area contributed by atoms with Gasteiger partial charge in [0.2, 0.25) is 5.89 Å². The zero-order valence-corrected chi connectivity index (χ0v) is 20.0. The summed E-state index contributed by atoms with van der Waals surface area (Å²) < 4.78 is 11.7. The molecule has 0 spiro atoms. The lowest BCUT2D eigenvalue weighted by atomic mass is 9.94. The molecule has 0 aliphatic carbocycles. The molecule has 2 N–H and O–H groups in total. The Labute approximate surface area is 185 Å². The van der Waals surface area contributed by atoms with Gasteiger partial charge in [-0.3, -0.25) is 4.99 Å². The molecule has 2 aromatic rings. The molecule has 0 saturated carbocycles. The van der Waals surface area contributed by atoms with Gasteiger partial charge in [0.1, 0.15) is 11.5 Å². The van der Waals surface area contributed by atoms with Gasteiger partial charge in [-0.05, 0) is 12.0 Å². The summed E-state index contributed by atoms with van der Waals surface area (Å²) in [5, 5.41) is 6.54. The first-order valence-electron chi connectivity index (χ1n) is 9.40. The number of hydrogen-bond acceptors (Lipinski definition) is 4. The van der Waals surface area contributed by atoms with Crippen LogP contribution in [0.25, 0.3) is 0 Å². The lowest BCUT2D eigenvalue weighted by molar-refractivity contribution is 0.268. The lowest BCUT2D eigenvalue weighted by Crippen LogP contribution is -2.36. The highest BCUT2D eigenvalue weighted by atomic mass is 127. The third-order valence-electron chi connectivity index (χ3n) is 3.91. The fourth-order valence-corrected chi connectivity index (χ4v) is 2.34. The van der Waals surface area contributed by atoms with Crippen LogP contribution in [0.15, 0.2) is 39.9 Å². The molecule has 6 nitrogen and oxygen atoms in total. The second kappa shape index (κ2) is 11.3. The number of nitrogens with zero attached hydrogens (tertiary/aromatic N) is 2. The molecule has 0 aliphatic rings. The summed E-state index contributed by atoms with van der Waals surface area (Å²) in [5.74, 6) is 3.59.